The monoisotopic (exact) mass is 540 g/mol. The normalized spacial score (nSPS) is 11.8. The van der Waals surface area contributed by atoms with E-state index < -0.39 is 9.84 Å². The van der Waals surface area contributed by atoms with E-state index in [0.717, 1.165) is 38.7 Å². The van der Waals surface area contributed by atoms with Gasteiger partial charge in [-0.1, -0.05) is 49.4 Å². The third-order valence-corrected chi connectivity index (χ3v) is 8.51. The second kappa shape index (κ2) is 10.9. The Hall–Kier alpha value is -4.10. The van der Waals surface area contributed by atoms with Crippen molar-refractivity contribution in [1.82, 2.24) is 9.88 Å². The molecule has 0 saturated carbocycles. The minimum Gasteiger partial charge on any atom is -0.491 e. The summed E-state index contributed by atoms with van der Waals surface area (Å²) in [6.45, 7) is 6.64. The molecule has 0 fully saturated rings. The molecule has 5 rings (SSSR count). The molecule has 39 heavy (non-hydrogen) atoms. The number of carbonyl (C=O) groups is 1. The third-order valence-electron chi connectivity index (χ3n) is 6.76. The van der Waals surface area contributed by atoms with E-state index in [-0.39, 0.29) is 17.8 Å². The topological polar surface area (TPSA) is 77.4 Å². The van der Waals surface area contributed by atoms with Crippen LogP contribution in [-0.4, -0.2) is 30.7 Å². The van der Waals surface area contributed by atoms with E-state index in [9.17, 15) is 13.2 Å². The number of carbonyl (C=O) groups excluding carboxylic acids is 1. The van der Waals surface area contributed by atoms with Gasteiger partial charge in [0.15, 0.2) is 9.84 Å². The lowest BCUT2D eigenvalue weighted by Crippen LogP contribution is -2.22. The fourth-order valence-corrected chi connectivity index (χ4v) is 5.69. The van der Waals surface area contributed by atoms with Gasteiger partial charge in [0.1, 0.15) is 5.75 Å². The second-order valence-electron chi connectivity index (χ2n) is 9.88. The van der Waals surface area contributed by atoms with Crippen molar-refractivity contribution >= 4 is 37.6 Å². The molecule has 4 aromatic carbocycles. The summed E-state index contributed by atoms with van der Waals surface area (Å²) in [5.41, 5.74) is 4.69. The van der Waals surface area contributed by atoms with E-state index in [1.165, 1.54) is 0 Å². The summed E-state index contributed by atoms with van der Waals surface area (Å²) in [7, 11) is -3.25. The first-order chi connectivity index (χ1) is 18.7. The Morgan fingerprint density at radius 2 is 1.59 bits per heavy atom. The summed E-state index contributed by atoms with van der Waals surface area (Å²) in [5, 5.41) is 5.06. The molecule has 0 aliphatic heterocycles. The molecule has 0 aliphatic carbocycles. The van der Waals surface area contributed by atoms with Crippen LogP contribution in [0.4, 0.5) is 0 Å². The molecule has 1 heterocycles. The Kier molecular flexibility index (Phi) is 7.44. The molecule has 1 amide bonds. The summed E-state index contributed by atoms with van der Waals surface area (Å²) in [6.07, 6.45) is 0.106. The van der Waals surface area contributed by atoms with Crippen molar-refractivity contribution in [2.45, 2.75) is 44.9 Å². The molecule has 0 unspecified atom stereocenters. The van der Waals surface area contributed by atoms with Gasteiger partial charge in [0.05, 0.1) is 16.8 Å². The van der Waals surface area contributed by atoms with Crippen LogP contribution in [-0.2, 0) is 22.9 Å². The Morgan fingerprint density at radius 1 is 0.846 bits per heavy atom. The molecule has 6 nitrogen and oxygen atoms in total. The van der Waals surface area contributed by atoms with Gasteiger partial charge in [-0.25, -0.2) is 8.42 Å². The van der Waals surface area contributed by atoms with Gasteiger partial charge in [0.2, 0.25) is 0 Å². The number of hydrogen-bond acceptors (Lipinski definition) is 4. The summed E-state index contributed by atoms with van der Waals surface area (Å²) >= 11 is 0. The van der Waals surface area contributed by atoms with Crippen molar-refractivity contribution in [2.75, 3.05) is 5.75 Å². The summed E-state index contributed by atoms with van der Waals surface area (Å²) in [6, 6.07) is 28.8. The first-order valence-corrected chi connectivity index (χ1v) is 14.8. The highest BCUT2D eigenvalue weighted by Crippen LogP contribution is 2.31. The van der Waals surface area contributed by atoms with Gasteiger partial charge >= 0.3 is 0 Å². The number of ether oxygens (including phenoxy) is 1. The average Bonchev–Trinajstić information content (AvgIpc) is 3.24. The number of para-hydroxylation sites is 1. The number of benzene rings is 4. The molecule has 200 valence electrons. The van der Waals surface area contributed by atoms with Crippen LogP contribution in [0.25, 0.3) is 21.8 Å². The zero-order chi connectivity index (χ0) is 27.6. The first-order valence-electron chi connectivity index (χ1n) is 13.1. The molecular formula is C32H32N2O4S. The zero-order valence-electron chi connectivity index (χ0n) is 22.3. The lowest BCUT2D eigenvalue weighted by Gasteiger charge is -2.12. The number of nitrogens with one attached hydrogen (secondary N) is 1. The van der Waals surface area contributed by atoms with Crippen molar-refractivity contribution in [3.8, 4) is 5.75 Å². The molecule has 0 saturated heterocycles. The van der Waals surface area contributed by atoms with Gasteiger partial charge in [0, 0.05) is 40.5 Å². The molecule has 0 aliphatic rings. The third kappa shape index (κ3) is 5.68. The van der Waals surface area contributed by atoms with E-state index in [1.807, 2.05) is 56.3 Å². The standard InChI is InChI=1S/C32H32N2O4S/c1-4-39(36,37)27-15-12-23(13-16-27)20-33-32(35)25-14-17-31-29(19-25)28-10-5-6-11-30(28)34(31)21-24-8-7-9-26(18-24)38-22(2)3/h5-19,22H,4,20-21H2,1-3H3,(H,33,35). The molecule has 0 spiro atoms. The second-order valence-corrected chi connectivity index (χ2v) is 12.2. The van der Waals surface area contributed by atoms with Crippen LogP contribution in [0.15, 0.2) is 95.9 Å². The van der Waals surface area contributed by atoms with Crippen LogP contribution in [0.2, 0.25) is 0 Å². The van der Waals surface area contributed by atoms with Gasteiger partial charge in [-0.3, -0.25) is 4.79 Å². The SMILES string of the molecule is CCS(=O)(=O)c1ccc(CNC(=O)c2ccc3c(c2)c2ccccc2n3Cc2cccc(OC(C)C)c2)cc1. The first kappa shape index (κ1) is 26.5. The van der Waals surface area contributed by atoms with Crippen molar-refractivity contribution in [2.24, 2.45) is 0 Å². The minimum atomic E-state index is -3.25. The highest BCUT2D eigenvalue weighted by molar-refractivity contribution is 7.91. The maximum atomic E-state index is 13.1. The van der Waals surface area contributed by atoms with Crippen LogP contribution < -0.4 is 10.1 Å². The summed E-state index contributed by atoms with van der Waals surface area (Å²) in [4.78, 5) is 13.4. The molecular weight excluding hydrogens is 508 g/mol. The van der Waals surface area contributed by atoms with Gasteiger partial charge in [0.25, 0.3) is 5.91 Å². The Morgan fingerprint density at radius 3 is 2.33 bits per heavy atom. The minimum absolute atomic E-state index is 0.0565. The maximum absolute atomic E-state index is 13.1. The smallest absolute Gasteiger partial charge is 0.251 e. The Balaban J connectivity index is 1.40. The highest BCUT2D eigenvalue weighted by atomic mass is 32.2. The van der Waals surface area contributed by atoms with Gasteiger partial charge in [-0.05, 0) is 73.5 Å². The summed E-state index contributed by atoms with van der Waals surface area (Å²) in [5.74, 6) is 0.724. The van der Waals surface area contributed by atoms with Crippen LogP contribution in [0.5, 0.6) is 5.75 Å². The van der Waals surface area contributed by atoms with Crippen molar-refractivity contribution in [3.05, 3.63) is 108 Å². The van der Waals surface area contributed by atoms with E-state index in [4.69, 9.17) is 4.74 Å². The lowest BCUT2D eigenvalue weighted by molar-refractivity contribution is 0.0951. The van der Waals surface area contributed by atoms with Crippen LogP contribution in [0, 0.1) is 0 Å². The Labute approximate surface area is 229 Å². The number of rotatable bonds is 9. The predicted octanol–water partition coefficient (Wildman–Crippen LogP) is 6.35. The number of amides is 1. The van der Waals surface area contributed by atoms with Crippen LogP contribution >= 0.6 is 0 Å². The van der Waals surface area contributed by atoms with Crippen molar-refractivity contribution < 1.29 is 17.9 Å². The highest BCUT2D eigenvalue weighted by Gasteiger charge is 2.15. The quantitative estimate of drug-likeness (QED) is 0.236. The van der Waals surface area contributed by atoms with Crippen LogP contribution in [0.1, 0.15) is 42.3 Å². The van der Waals surface area contributed by atoms with Crippen molar-refractivity contribution in [1.29, 1.82) is 0 Å². The van der Waals surface area contributed by atoms with Gasteiger partial charge in [-0.2, -0.15) is 0 Å². The largest absolute Gasteiger partial charge is 0.491 e. The lowest BCUT2D eigenvalue weighted by atomic mass is 10.1. The van der Waals surface area contributed by atoms with E-state index >= 15 is 0 Å². The van der Waals surface area contributed by atoms with Gasteiger partial charge < -0.3 is 14.6 Å². The van der Waals surface area contributed by atoms with Crippen molar-refractivity contribution in [3.63, 3.8) is 0 Å². The number of hydrogen-bond donors (Lipinski definition) is 1. The molecule has 0 bridgehead atoms. The zero-order valence-corrected chi connectivity index (χ0v) is 23.2. The molecule has 1 aromatic heterocycles. The fraction of sp³-hybridized carbons (Fsp3) is 0.219. The number of fused-ring (bicyclic) bond motifs is 3. The fourth-order valence-electron chi connectivity index (χ4n) is 4.80. The number of aromatic nitrogens is 1. The van der Waals surface area contributed by atoms with Gasteiger partial charge in [-0.15, -0.1) is 0 Å². The van der Waals surface area contributed by atoms with E-state index in [0.29, 0.717) is 23.5 Å². The molecule has 1 N–H and O–H groups in total. The molecule has 7 heteroatoms. The van der Waals surface area contributed by atoms with E-state index in [1.54, 1.807) is 31.2 Å². The number of nitrogens with zero attached hydrogens (tertiary/aromatic N) is 1. The molecule has 0 atom stereocenters. The van der Waals surface area contributed by atoms with E-state index in [2.05, 4.69) is 34.1 Å². The molecule has 0 radical (unpaired) electrons. The van der Waals surface area contributed by atoms with Crippen LogP contribution in [0.3, 0.4) is 0 Å². The predicted molar refractivity (Wildman–Crippen MR) is 156 cm³/mol. The number of sulfone groups is 1. The average molecular weight is 541 g/mol. The maximum Gasteiger partial charge on any atom is 0.251 e. The summed E-state index contributed by atoms with van der Waals surface area (Å²) < 4.78 is 32.2. The Bertz CT molecular complexity index is 1750. The molecule has 5 aromatic rings.